The van der Waals surface area contributed by atoms with E-state index in [1.54, 1.807) is 12.2 Å². The van der Waals surface area contributed by atoms with Crippen LogP contribution in [0.5, 0.6) is 0 Å². The van der Waals surface area contributed by atoms with Gasteiger partial charge in [0, 0.05) is 0 Å². The van der Waals surface area contributed by atoms with Gasteiger partial charge in [0.2, 0.25) is 0 Å². The van der Waals surface area contributed by atoms with Gasteiger partial charge in [-0.1, -0.05) is 12.2 Å². The maximum atomic E-state index is 11.3. The van der Waals surface area contributed by atoms with Crippen LogP contribution in [0.2, 0.25) is 0 Å². The Morgan fingerprint density at radius 1 is 1.15 bits per heavy atom. The highest BCUT2D eigenvalue weighted by atomic mass is 16.6. The molecule has 1 heterocycles. The summed E-state index contributed by atoms with van der Waals surface area (Å²) in [6.07, 6.45) is 3.57. The number of hydrogen-bond acceptors (Lipinski definition) is 5. The van der Waals surface area contributed by atoms with Crippen molar-refractivity contribution in [2.24, 2.45) is 5.92 Å². The second-order valence-corrected chi connectivity index (χ2v) is 6.38. The van der Waals surface area contributed by atoms with E-state index in [1.165, 1.54) is 0 Å². The van der Waals surface area contributed by atoms with Crippen molar-refractivity contribution in [3.8, 4) is 0 Å². The molecule has 114 valence electrons. The molecule has 0 aromatic heterocycles. The van der Waals surface area contributed by atoms with E-state index in [9.17, 15) is 9.59 Å². The molecule has 1 unspecified atom stereocenters. The number of ether oxygens (including phenoxy) is 3. The van der Waals surface area contributed by atoms with Gasteiger partial charge in [-0.15, -0.1) is 0 Å². The molecule has 1 rings (SSSR count). The zero-order chi connectivity index (χ0) is 15.4. The lowest BCUT2D eigenvalue weighted by Gasteiger charge is -2.24. The number of hydrogen-bond donors (Lipinski definition) is 0. The standard InChI is InChI=1S/C15H24O5/c1-14(2,3)18-8-9-19-15(4,5)7-6-11-10-12(16)20-13(11)17/h6-7,11H,8-10H2,1-5H3/b7-6-. The molecule has 0 amide bonds. The van der Waals surface area contributed by atoms with Crippen molar-refractivity contribution in [2.75, 3.05) is 13.2 Å². The van der Waals surface area contributed by atoms with Gasteiger partial charge in [0.05, 0.1) is 36.8 Å². The van der Waals surface area contributed by atoms with Gasteiger partial charge in [-0.05, 0) is 34.6 Å². The quantitative estimate of drug-likeness (QED) is 0.324. The first-order valence-corrected chi connectivity index (χ1v) is 6.81. The van der Waals surface area contributed by atoms with Gasteiger partial charge < -0.3 is 14.2 Å². The van der Waals surface area contributed by atoms with Crippen molar-refractivity contribution in [1.82, 2.24) is 0 Å². The van der Waals surface area contributed by atoms with Crippen LogP contribution in [-0.4, -0.2) is 36.4 Å². The van der Waals surface area contributed by atoms with E-state index >= 15 is 0 Å². The van der Waals surface area contributed by atoms with Gasteiger partial charge in [-0.3, -0.25) is 9.59 Å². The van der Waals surface area contributed by atoms with Crippen LogP contribution >= 0.6 is 0 Å². The van der Waals surface area contributed by atoms with Crippen LogP contribution < -0.4 is 0 Å². The molecule has 1 aliphatic heterocycles. The summed E-state index contributed by atoms with van der Waals surface area (Å²) in [4.78, 5) is 22.3. The molecule has 1 atom stereocenters. The summed E-state index contributed by atoms with van der Waals surface area (Å²) >= 11 is 0. The normalized spacial score (nSPS) is 20.8. The van der Waals surface area contributed by atoms with E-state index in [-0.39, 0.29) is 12.0 Å². The fraction of sp³-hybridized carbons (Fsp3) is 0.733. The van der Waals surface area contributed by atoms with E-state index in [0.29, 0.717) is 13.2 Å². The Bertz CT molecular complexity index is 390. The number of carbonyl (C=O) groups is 2. The van der Waals surface area contributed by atoms with Crippen LogP contribution in [0.25, 0.3) is 0 Å². The molecule has 0 aromatic carbocycles. The molecule has 0 saturated carbocycles. The molecule has 0 N–H and O–H groups in total. The predicted molar refractivity (Wildman–Crippen MR) is 74.1 cm³/mol. The summed E-state index contributed by atoms with van der Waals surface area (Å²) < 4.78 is 15.7. The van der Waals surface area contributed by atoms with Crippen LogP contribution in [0.1, 0.15) is 41.0 Å². The summed E-state index contributed by atoms with van der Waals surface area (Å²) in [7, 11) is 0. The molecule has 1 fully saturated rings. The van der Waals surface area contributed by atoms with Crippen molar-refractivity contribution in [2.45, 2.75) is 52.2 Å². The number of esters is 2. The topological polar surface area (TPSA) is 61.8 Å². The molecule has 5 nitrogen and oxygen atoms in total. The first-order valence-electron chi connectivity index (χ1n) is 6.81. The first-order chi connectivity index (χ1) is 9.09. The highest BCUT2D eigenvalue weighted by Crippen LogP contribution is 2.20. The van der Waals surface area contributed by atoms with Crippen LogP contribution in [0.15, 0.2) is 12.2 Å². The highest BCUT2D eigenvalue weighted by molar-refractivity contribution is 5.95. The van der Waals surface area contributed by atoms with Crippen LogP contribution in [0.4, 0.5) is 0 Å². The fourth-order valence-electron chi connectivity index (χ4n) is 1.69. The van der Waals surface area contributed by atoms with Gasteiger partial charge in [0.25, 0.3) is 0 Å². The molecule has 1 aliphatic rings. The van der Waals surface area contributed by atoms with E-state index in [0.717, 1.165) is 0 Å². The van der Waals surface area contributed by atoms with Crippen LogP contribution in [0, 0.1) is 5.92 Å². The molecule has 0 bridgehead atoms. The van der Waals surface area contributed by atoms with Gasteiger partial charge in [0.15, 0.2) is 0 Å². The third kappa shape index (κ3) is 6.30. The van der Waals surface area contributed by atoms with Gasteiger partial charge in [0.1, 0.15) is 0 Å². The largest absolute Gasteiger partial charge is 0.393 e. The second-order valence-electron chi connectivity index (χ2n) is 6.38. The molecule has 0 spiro atoms. The summed E-state index contributed by atoms with van der Waals surface area (Å²) in [5.74, 6) is -1.45. The highest BCUT2D eigenvalue weighted by Gasteiger charge is 2.31. The van der Waals surface area contributed by atoms with Crippen LogP contribution in [0.3, 0.4) is 0 Å². The second kappa shape index (κ2) is 6.50. The van der Waals surface area contributed by atoms with Crippen molar-refractivity contribution in [3.05, 3.63) is 12.2 Å². The van der Waals surface area contributed by atoms with Crippen molar-refractivity contribution in [3.63, 3.8) is 0 Å². The Labute approximate surface area is 120 Å². The Kier molecular flexibility index (Phi) is 5.48. The van der Waals surface area contributed by atoms with Crippen LogP contribution in [-0.2, 0) is 23.8 Å². The number of cyclic esters (lactones) is 2. The third-order valence-electron chi connectivity index (χ3n) is 2.73. The molecular formula is C15H24O5. The minimum absolute atomic E-state index is 0.110. The minimum Gasteiger partial charge on any atom is -0.393 e. The SMILES string of the molecule is CC(C)(C)OCCOC(C)(C)/C=C\C1CC(=O)OC1=O. The monoisotopic (exact) mass is 284 g/mol. The van der Waals surface area contributed by atoms with E-state index < -0.39 is 23.5 Å². The zero-order valence-electron chi connectivity index (χ0n) is 12.9. The summed E-state index contributed by atoms with van der Waals surface area (Å²) in [5.41, 5.74) is -0.704. The molecule has 20 heavy (non-hydrogen) atoms. The summed E-state index contributed by atoms with van der Waals surface area (Å²) in [5, 5.41) is 0. The van der Waals surface area contributed by atoms with E-state index in [2.05, 4.69) is 4.74 Å². The molecule has 5 heteroatoms. The van der Waals surface area contributed by atoms with Crippen molar-refractivity contribution >= 4 is 11.9 Å². The third-order valence-corrected chi connectivity index (χ3v) is 2.73. The Morgan fingerprint density at radius 2 is 1.75 bits per heavy atom. The predicted octanol–water partition coefficient (Wildman–Crippen LogP) is 2.24. The average Bonchev–Trinajstić information content (AvgIpc) is 2.60. The molecule has 0 aromatic rings. The molecular weight excluding hydrogens is 260 g/mol. The zero-order valence-corrected chi connectivity index (χ0v) is 12.9. The Morgan fingerprint density at radius 3 is 2.25 bits per heavy atom. The molecule has 0 aliphatic carbocycles. The summed E-state index contributed by atoms with van der Waals surface area (Å²) in [6.45, 7) is 10.7. The average molecular weight is 284 g/mol. The maximum Gasteiger partial charge on any atom is 0.321 e. The van der Waals surface area contributed by atoms with Crippen molar-refractivity contribution < 1.29 is 23.8 Å². The fourth-order valence-corrected chi connectivity index (χ4v) is 1.69. The van der Waals surface area contributed by atoms with Gasteiger partial charge in [-0.25, -0.2) is 0 Å². The molecule has 0 radical (unpaired) electrons. The lowest BCUT2D eigenvalue weighted by molar-refractivity contribution is -0.152. The smallest absolute Gasteiger partial charge is 0.321 e. The summed E-state index contributed by atoms with van der Waals surface area (Å²) in [6, 6.07) is 0. The lowest BCUT2D eigenvalue weighted by atomic mass is 10.0. The number of rotatable bonds is 6. The Hall–Kier alpha value is -1.20. The number of carbonyl (C=O) groups excluding carboxylic acids is 2. The maximum absolute atomic E-state index is 11.3. The van der Waals surface area contributed by atoms with Crippen molar-refractivity contribution in [1.29, 1.82) is 0 Å². The lowest BCUT2D eigenvalue weighted by Crippen LogP contribution is -2.27. The van der Waals surface area contributed by atoms with Gasteiger partial charge in [-0.2, -0.15) is 0 Å². The van der Waals surface area contributed by atoms with E-state index in [4.69, 9.17) is 9.47 Å². The minimum atomic E-state index is -0.521. The molecule has 1 saturated heterocycles. The Balaban J connectivity index is 2.37. The first kappa shape index (κ1) is 16.9. The van der Waals surface area contributed by atoms with Gasteiger partial charge >= 0.3 is 11.9 Å². The van der Waals surface area contributed by atoms with E-state index in [1.807, 2.05) is 34.6 Å².